The lowest BCUT2D eigenvalue weighted by atomic mass is 10.2. The molecular weight excluding hydrogens is 348 g/mol. The van der Waals surface area contributed by atoms with E-state index in [-0.39, 0.29) is 17.1 Å². The van der Waals surface area contributed by atoms with E-state index in [9.17, 15) is 13.6 Å². The Balaban J connectivity index is 2.29. The molecule has 0 atom stereocenters. The summed E-state index contributed by atoms with van der Waals surface area (Å²) in [6.07, 6.45) is 1.47. The Morgan fingerprint density at radius 3 is 2.76 bits per heavy atom. The van der Waals surface area contributed by atoms with Gasteiger partial charge in [0.2, 0.25) is 0 Å². The fraction of sp³-hybridized carbons (Fsp3) is 0.231. The Morgan fingerprint density at radius 1 is 1.48 bits per heavy atom. The van der Waals surface area contributed by atoms with Crippen LogP contribution in [0.1, 0.15) is 16.1 Å². The molecule has 0 spiro atoms. The Bertz CT molecular complexity index is 654. The van der Waals surface area contributed by atoms with Gasteiger partial charge in [-0.05, 0) is 40.5 Å². The molecule has 0 saturated heterocycles. The molecule has 1 N–H and O–H groups in total. The third kappa shape index (κ3) is 3.57. The topological polar surface area (TPSA) is 56.2 Å². The van der Waals surface area contributed by atoms with Crippen molar-refractivity contribution >= 4 is 27.5 Å². The number of anilines is 1. The first-order valence-electron chi connectivity index (χ1n) is 5.93. The van der Waals surface area contributed by atoms with Gasteiger partial charge in [0.15, 0.2) is 0 Å². The summed E-state index contributed by atoms with van der Waals surface area (Å²) in [6, 6.07) is 4.63. The third-order valence-electron chi connectivity index (χ3n) is 2.71. The standard InChI is InChI=1S/C13H12BrF2N3O2/c1-7-3-4-9(10(5-7)21-13(15)16)18-12(20)11-8(14)6-17-19(11)2/h3-6,13H,1-2H3,(H,18,20). The summed E-state index contributed by atoms with van der Waals surface area (Å²) < 4.78 is 31.1. The highest BCUT2D eigenvalue weighted by atomic mass is 79.9. The van der Waals surface area contributed by atoms with Crippen molar-refractivity contribution in [1.82, 2.24) is 9.78 Å². The maximum atomic E-state index is 12.4. The number of ether oxygens (including phenoxy) is 1. The van der Waals surface area contributed by atoms with Crippen molar-refractivity contribution in [3.8, 4) is 5.75 Å². The molecule has 1 aromatic carbocycles. The summed E-state index contributed by atoms with van der Waals surface area (Å²) in [6.45, 7) is -1.23. The molecule has 5 nitrogen and oxygen atoms in total. The first kappa shape index (κ1) is 15.4. The fourth-order valence-corrected chi connectivity index (χ4v) is 2.30. The predicted molar refractivity (Wildman–Crippen MR) is 76.7 cm³/mol. The van der Waals surface area contributed by atoms with Crippen LogP contribution in [0.5, 0.6) is 5.75 Å². The Hall–Kier alpha value is -1.96. The van der Waals surface area contributed by atoms with E-state index in [1.54, 1.807) is 20.0 Å². The zero-order chi connectivity index (χ0) is 15.6. The molecule has 0 unspecified atom stereocenters. The van der Waals surface area contributed by atoms with Crippen LogP contribution in [-0.4, -0.2) is 22.3 Å². The fourth-order valence-electron chi connectivity index (χ4n) is 1.77. The molecule has 2 aromatic rings. The van der Waals surface area contributed by atoms with Crippen molar-refractivity contribution in [1.29, 1.82) is 0 Å². The minimum absolute atomic E-state index is 0.0864. The number of alkyl halides is 2. The van der Waals surface area contributed by atoms with Gasteiger partial charge in [-0.15, -0.1) is 0 Å². The minimum atomic E-state index is -2.97. The average molecular weight is 360 g/mol. The van der Waals surface area contributed by atoms with Crippen LogP contribution >= 0.6 is 15.9 Å². The number of hydrogen-bond donors (Lipinski definition) is 1. The molecule has 1 aromatic heterocycles. The summed E-state index contributed by atoms with van der Waals surface area (Å²) >= 11 is 3.21. The summed E-state index contributed by atoms with van der Waals surface area (Å²) in [4.78, 5) is 12.2. The second-order valence-corrected chi connectivity index (χ2v) is 5.15. The van der Waals surface area contributed by atoms with E-state index in [0.29, 0.717) is 4.47 Å². The highest BCUT2D eigenvalue weighted by Gasteiger charge is 2.18. The van der Waals surface area contributed by atoms with Gasteiger partial charge in [-0.2, -0.15) is 13.9 Å². The van der Waals surface area contributed by atoms with Crippen LogP contribution in [0.4, 0.5) is 14.5 Å². The minimum Gasteiger partial charge on any atom is -0.433 e. The molecule has 0 aliphatic heterocycles. The third-order valence-corrected chi connectivity index (χ3v) is 3.29. The molecule has 2 rings (SSSR count). The lowest BCUT2D eigenvalue weighted by Crippen LogP contribution is -2.17. The number of carbonyl (C=O) groups excluding carboxylic acids is 1. The summed E-state index contributed by atoms with van der Waals surface area (Å²) in [5.74, 6) is -0.568. The Kier molecular flexibility index (Phi) is 4.56. The summed E-state index contributed by atoms with van der Waals surface area (Å²) in [7, 11) is 1.60. The van der Waals surface area contributed by atoms with Gasteiger partial charge in [0, 0.05) is 7.05 Å². The van der Waals surface area contributed by atoms with E-state index in [2.05, 4.69) is 31.1 Å². The molecule has 0 aliphatic carbocycles. The van der Waals surface area contributed by atoms with Crippen LogP contribution in [0.3, 0.4) is 0 Å². The number of benzene rings is 1. The van der Waals surface area contributed by atoms with Crippen LogP contribution in [0.2, 0.25) is 0 Å². The van der Waals surface area contributed by atoms with Gasteiger partial charge in [-0.25, -0.2) is 0 Å². The lowest BCUT2D eigenvalue weighted by molar-refractivity contribution is -0.0494. The summed E-state index contributed by atoms with van der Waals surface area (Å²) in [5, 5.41) is 6.46. The molecule has 0 bridgehead atoms. The zero-order valence-electron chi connectivity index (χ0n) is 11.2. The molecular formula is C13H12BrF2N3O2. The molecule has 1 heterocycles. The number of aromatic nitrogens is 2. The maximum absolute atomic E-state index is 12.4. The monoisotopic (exact) mass is 359 g/mol. The summed E-state index contributed by atoms with van der Waals surface area (Å²) in [5.41, 5.74) is 1.18. The molecule has 1 amide bonds. The van der Waals surface area contributed by atoms with E-state index in [1.165, 1.54) is 23.0 Å². The van der Waals surface area contributed by atoms with Gasteiger partial charge in [-0.3, -0.25) is 9.48 Å². The van der Waals surface area contributed by atoms with E-state index < -0.39 is 12.5 Å². The molecule has 0 saturated carbocycles. The van der Waals surface area contributed by atoms with Gasteiger partial charge in [0.1, 0.15) is 11.4 Å². The number of carbonyl (C=O) groups is 1. The molecule has 8 heteroatoms. The van der Waals surface area contributed by atoms with Crippen molar-refractivity contribution in [3.63, 3.8) is 0 Å². The zero-order valence-corrected chi connectivity index (χ0v) is 12.8. The molecule has 0 fully saturated rings. The van der Waals surface area contributed by atoms with Crippen LogP contribution in [-0.2, 0) is 7.05 Å². The van der Waals surface area contributed by atoms with E-state index in [0.717, 1.165) is 5.56 Å². The number of nitrogens with zero attached hydrogens (tertiary/aromatic N) is 2. The quantitative estimate of drug-likeness (QED) is 0.910. The van der Waals surface area contributed by atoms with Crippen molar-refractivity contribution in [2.45, 2.75) is 13.5 Å². The molecule has 0 radical (unpaired) electrons. The second-order valence-electron chi connectivity index (χ2n) is 4.30. The van der Waals surface area contributed by atoms with Crippen LogP contribution in [0.25, 0.3) is 0 Å². The van der Waals surface area contributed by atoms with Crippen LogP contribution in [0, 0.1) is 6.92 Å². The number of amides is 1. The number of nitrogens with one attached hydrogen (secondary N) is 1. The first-order chi connectivity index (χ1) is 9.88. The van der Waals surface area contributed by atoms with Crippen molar-refractivity contribution in [3.05, 3.63) is 40.1 Å². The second kappa shape index (κ2) is 6.21. The van der Waals surface area contributed by atoms with Crippen molar-refractivity contribution in [2.75, 3.05) is 5.32 Å². The first-order valence-corrected chi connectivity index (χ1v) is 6.72. The van der Waals surface area contributed by atoms with Gasteiger partial charge < -0.3 is 10.1 Å². The maximum Gasteiger partial charge on any atom is 0.387 e. The molecule has 21 heavy (non-hydrogen) atoms. The lowest BCUT2D eigenvalue weighted by Gasteiger charge is -2.13. The number of hydrogen-bond acceptors (Lipinski definition) is 3. The predicted octanol–water partition coefficient (Wildman–Crippen LogP) is 3.34. The van der Waals surface area contributed by atoms with E-state index >= 15 is 0 Å². The van der Waals surface area contributed by atoms with E-state index in [1.807, 2.05) is 0 Å². The number of rotatable bonds is 4. The van der Waals surface area contributed by atoms with Gasteiger partial charge >= 0.3 is 6.61 Å². The van der Waals surface area contributed by atoms with Gasteiger partial charge in [0.05, 0.1) is 16.4 Å². The Labute approximate surface area is 128 Å². The number of halogens is 3. The smallest absolute Gasteiger partial charge is 0.387 e. The average Bonchev–Trinajstić information content (AvgIpc) is 2.71. The highest BCUT2D eigenvalue weighted by molar-refractivity contribution is 9.10. The van der Waals surface area contributed by atoms with Crippen LogP contribution < -0.4 is 10.1 Å². The van der Waals surface area contributed by atoms with Crippen molar-refractivity contribution < 1.29 is 18.3 Å². The Morgan fingerprint density at radius 2 is 2.19 bits per heavy atom. The van der Waals surface area contributed by atoms with E-state index in [4.69, 9.17) is 0 Å². The highest BCUT2D eigenvalue weighted by Crippen LogP contribution is 2.28. The number of aryl methyl sites for hydroxylation is 2. The normalized spacial score (nSPS) is 10.8. The van der Waals surface area contributed by atoms with Gasteiger partial charge in [0.25, 0.3) is 5.91 Å². The largest absolute Gasteiger partial charge is 0.433 e. The van der Waals surface area contributed by atoms with Gasteiger partial charge in [-0.1, -0.05) is 6.07 Å². The molecule has 0 aliphatic rings. The molecule has 112 valence electrons. The SMILES string of the molecule is Cc1ccc(NC(=O)c2c(Br)cnn2C)c(OC(F)F)c1. The van der Waals surface area contributed by atoms with Crippen molar-refractivity contribution in [2.24, 2.45) is 7.05 Å². The van der Waals surface area contributed by atoms with Crippen LogP contribution in [0.15, 0.2) is 28.9 Å².